The molecule has 0 spiro atoms. The van der Waals surface area contributed by atoms with Gasteiger partial charge in [-0.05, 0) is 55.0 Å². The van der Waals surface area contributed by atoms with Crippen molar-refractivity contribution < 1.29 is 13.6 Å². The first-order valence-corrected chi connectivity index (χ1v) is 8.79. The number of rotatable bonds is 6. The summed E-state index contributed by atoms with van der Waals surface area (Å²) < 4.78 is 26.9. The van der Waals surface area contributed by atoms with E-state index in [1.807, 2.05) is 0 Å². The minimum atomic E-state index is -0.530. The van der Waals surface area contributed by atoms with Crippen LogP contribution in [0.4, 0.5) is 37.6 Å². The predicted octanol–water partition coefficient (Wildman–Crippen LogP) is 5.33. The maximum Gasteiger partial charge on any atom is 0.247 e. The molecular formula is C20H16ClF2N5O. The molecule has 3 rings (SSSR count). The van der Waals surface area contributed by atoms with Crippen LogP contribution in [0.25, 0.3) is 0 Å². The van der Waals surface area contributed by atoms with E-state index in [4.69, 9.17) is 11.6 Å². The van der Waals surface area contributed by atoms with E-state index in [0.29, 0.717) is 16.9 Å². The van der Waals surface area contributed by atoms with Crippen LogP contribution in [0.3, 0.4) is 0 Å². The highest BCUT2D eigenvalue weighted by atomic mass is 35.5. The third-order valence-corrected chi connectivity index (χ3v) is 4.13. The van der Waals surface area contributed by atoms with Crippen molar-refractivity contribution in [2.45, 2.75) is 6.92 Å². The van der Waals surface area contributed by atoms with Crippen LogP contribution in [0.15, 0.2) is 55.3 Å². The number of halogens is 3. The normalized spacial score (nSPS) is 10.3. The lowest BCUT2D eigenvalue weighted by Crippen LogP contribution is -2.10. The molecule has 0 saturated carbocycles. The van der Waals surface area contributed by atoms with Gasteiger partial charge in [-0.2, -0.15) is 4.98 Å². The first kappa shape index (κ1) is 20.2. The fourth-order valence-electron chi connectivity index (χ4n) is 2.44. The van der Waals surface area contributed by atoms with E-state index in [1.165, 1.54) is 30.5 Å². The average molecular weight is 416 g/mol. The van der Waals surface area contributed by atoms with Crippen LogP contribution >= 0.6 is 11.6 Å². The van der Waals surface area contributed by atoms with Crippen LogP contribution in [-0.4, -0.2) is 15.9 Å². The second kappa shape index (κ2) is 8.66. The maximum absolute atomic E-state index is 13.6. The molecule has 29 heavy (non-hydrogen) atoms. The maximum atomic E-state index is 13.6. The van der Waals surface area contributed by atoms with Gasteiger partial charge in [0.2, 0.25) is 11.9 Å². The monoisotopic (exact) mass is 415 g/mol. The number of benzene rings is 2. The summed E-state index contributed by atoms with van der Waals surface area (Å²) in [4.78, 5) is 20.0. The fraction of sp³-hybridized carbons (Fsp3) is 0.0500. The molecule has 0 aliphatic carbocycles. The SMILES string of the molecule is C=CC(=O)Nc1cc(F)ccc1Nc1nc(Nc2ccc(F)cc2C)ncc1Cl. The molecule has 148 valence electrons. The van der Waals surface area contributed by atoms with E-state index in [2.05, 4.69) is 32.5 Å². The van der Waals surface area contributed by atoms with Crippen molar-refractivity contribution in [2.24, 2.45) is 0 Å². The van der Waals surface area contributed by atoms with Gasteiger partial charge in [0.25, 0.3) is 0 Å². The number of aromatic nitrogens is 2. The summed E-state index contributed by atoms with van der Waals surface area (Å²) in [5.41, 5.74) is 1.85. The Labute approximate surface area is 170 Å². The molecule has 0 aliphatic rings. The minimum absolute atomic E-state index is 0.188. The number of hydrogen-bond donors (Lipinski definition) is 3. The Bertz CT molecular complexity index is 1090. The summed E-state index contributed by atoms with van der Waals surface area (Å²) in [6, 6.07) is 8.08. The number of nitrogens with one attached hydrogen (secondary N) is 3. The van der Waals surface area contributed by atoms with Crippen molar-refractivity contribution in [2.75, 3.05) is 16.0 Å². The summed E-state index contributed by atoms with van der Waals surface area (Å²) in [5.74, 6) is -0.938. The number of hydrogen-bond acceptors (Lipinski definition) is 5. The molecule has 1 aromatic heterocycles. The van der Waals surface area contributed by atoms with Gasteiger partial charge in [-0.25, -0.2) is 13.8 Å². The molecule has 1 heterocycles. The Morgan fingerprint density at radius 1 is 1.07 bits per heavy atom. The van der Waals surface area contributed by atoms with Gasteiger partial charge in [0.15, 0.2) is 5.82 Å². The third-order valence-electron chi connectivity index (χ3n) is 3.86. The predicted molar refractivity (Wildman–Crippen MR) is 110 cm³/mol. The Kier molecular flexibility index (Phi) is 6.04. The van der Waals surface area contributed by atoms with Gasteiger partial charge in [0.1, 0.15) is 16.7 Å². The summed E-state index contributed by atoms with van der Waals surface area (Å²) in [5, 5.41) is 8.65. The Morgan fingerprint density at radius 2 is 1.76 bits per heavy atom. The molecule has 6 nitrogen and oxygen atoms in total. The number of aryl methyl sites for hydroxylation is 1. The number of carbonyl (C=O) groups is 1. The standard InChI is InChI=1S/C20H16ClF2N5O/c1-3-18(29)25-17-9-13(23)5-7-16(17)26-19-14(21)10-24-20(28-19)27-15-6-4-12(22)8-11(15)2/h3-10H,1H2,2H3,(H,25,29)(H2,24,26,27,28). The van der Waals surface area contributed by atoms with Gasteiger partial charge >= 0.3 is 0 Å². The molecule has 0 atom stereocenters. The van der Waals surface area contributed by atoms with Gasteiger partial charge in [0.05, 0.1) is 17.6 Å². The van der Waals surface area contributed by atoms with Crippen molar-refractivity contribution in [1.82, 2.24) is 9.97 Å². The van der Waals surface area contributed by atoms with E-state index >= 15 is 0 Å². The van der Waals surface area contributed by atoms with Crippen LogP contribution < -0.4 is 16.0 Å². The Balaban J connectivity index is 1.89. The fourth-order valence-corrected chi connectivity index (χ4v) is 2.58. The van der Waals surface area contributed by atoms with Gasteiger partial charge in [0, 0.05) is 5.69 Å². The molecule has 3 aromatic rings. The number of nitrogens with zero attached hydrogens (tertiary/aromatic N) is 2. The summed E-state index contributed by atoms with van der Waals surface area (Å²) in [6.07, 6.45) is 2.45. The van der Waals surface area contributed by atoms with E-state index in [1.54, 1.807) is 13.0 Å². The van der Waals surface area contributed by atoms with Gasteiger partial charge in [-0.1, -0.05) is 18.2 Å². The largest absolute Gasteiger partial charge is 0.337 e. The summed E-state index contributed by atoms with van der Waals surface area (Å²) in [7, 11) is 0. The molecule has 3 N–H and O–H groups in total. The van der Waals surface area contributed by atoms with Crippen molar-refractivity contribution in [3.8, 4) is 0 Å². The quantitative estimate of drug-likeness (QED) is 0.474. The van der Waals surface area contributed by atoms with Crippen molar-refractivity contribution in [3.05, 3.63) is 77.5 Å². The molecule has 0 radical (unpaired) electrons. The van der Waals surface area contributed by atoms with E-state index in [9.17, 15) is 13.6 Å². The average Bonchev–Trinajstić information content (AvgIpc) is 2.68. The lowest BCUT2D eigenvalue weighted by atomic mass is 10.2. The zero-order valence-corrected chi connectivity index (χ0v) is 16.0. The molecule has 1 amide bonds. The number of carbonyl (C=O) groups excluding carboxylic acids is 1. The second-order valence-electron chi connectivity index (χ2n) is 5.98. The molecule has 0 fully saturated rings. The third kappa shape index (κ3) is 5.05. The van der Waals surface area contributed by atoms with Crippen molar-refractivity contribution in [1.29, 1.82) is 0 Å². The highest BCUT2D eigenvalue weighted by Gasteiger charge is 2.12. The molecule has 2 aromatic carbocycles. The molecular weight excluding hydrogens is 400 g/mol. The molecule has 0 unspecified atom stereocenters. The lowest BCUT2D eigenvalue weighted by molar-refractivity contribution is -0.111. The number of anilines is 5. The Hall–Kier alpha value is -3.52. The summed E-state index contributed by atoms with van der Waals surface area (Å²) >= 11 is 6.18. The molecule has 0 saturated heterocycles. The van der Waals surface area contributed by atoms with Crippen LogP contribution in [0.2, 0.25) is 5.02 Å². The topological polar surface area (TPSA) is 78.9 Å². The first-order valence-electron chi connectivity index (χ1n) is 8.41. The molecule has 0 aliphatic heterocycles. The second-order valence-corrected chi connectivity index (χ2v) is 6.39. The zero-order valence-electron chi connectivity index (χ0n) is 15.3. The van der Waals surface area contributed by atoms with Crippen LogP contribution in [-0.2, 0) is 4.79 Å². The van der Waals surface area contributed by atoms with Gasteiger partial charge < -0.3 is 16.0 Å². The van der Waals surface area contributed by atoms with Crippen LogP contribution in [0.5, 0.6) is 0 Å². The highest BCUT2D eigenvalue weighted by Crippen LogP contribution is 2.30. The van der Waals surface area contributed by atoms with Gasteiger partial charge in [-0.3, -0.25) is 4.79 Å². The van der Waals surface area contributed by atoms with Crippen LogP contribution in [0.1, 0.15) is 5.56 Å². The smallest absolute Gasteiger partial charge is 0.247 e. The highest BCUT2D eigenvalue weighted by molar-refractivity contribution is 6.33. The number of amides is 1. The van der Waals surface area contributed by atoms with Gasteiger partial charge in [-0.15, -0.1) is 0 Å². The Morgan fingerprint density at radius 3 is 2.45 bits per heavy atom. The summed E-state index contributed by atoms with van der Waals surface area (Å²) in [6.45, 7) is 5.11. The molecule has 0 bridgehead atoms. The minimum Gasteiger partial charge on any atom is -0.337 e. The van der Waals surface area contributed by atoms with E-state index in [0.717, 1.165) is 12.1 Å². The zero-order chi connectivity index (χ0) is 21.0. The van der Waals surface area contributed by atoms with E-state index < -0.39 is 11.7 Å². The van der Waals surface area contributed by atoms with Crippen LogP contribution in [0, 0.1) is 18.6 Å². The molecule has 9 heteroatoms. The first-order chi connectivity index (χ1) is 13.9. The lowest BCUT2D eigenvalue weighted by Gasteiger charge is -2.14. The van der Waals surface area contributed by atoms with Crippen molar-refractivity contribution in [3.63, 3.8) is 0 Å². The van der Waals surface area contributed by atoms with Crippen molar-refractivity contribution >= 4 is 46.3 Å². The van der Waals surface area contributed by atoms with E-state index in [-0.39, 0.29) is 28.3 Å².